The summed E-state index contributed by atoms with van der Waals surface area (Å²) in [7, 11) is 0. The maximum atomic E-state index is 14.4. The SMILES string of the molecule is Oc1c(C(Cc2ccc(C(F)(F)F)cn2)c2ccc(C(F)(F)F)c(F)c2)ccc2cccnc12. The Morgan fingerprint density at radius 3 is 2.24 bits per heavy atom. The van der Waals surface area contributed by atoms with E-state index in [0.717, 1.165) is 18.2 Å². The molecule has 2 aromatic heterocycles. The number of phenols is 1. The third-order valence-corrected chi connectivity index (χ3v) is 5.42. The summed E-state index contributed by atoms with van der Waals surface area (Å²) in [4.78, 5) is 7.93. The van der Waals surface area contributed by atoms with Gasteiger partial charge < -0.3 is 5.11 Å². The van der Waals surface area contributed by atoms with Crippen molar-refractivity contribution in [3.05, 3.63) is 101 Å². The fourth-order valence-electron chi connectivity index (χ4n) is 3.73. The maximum Gasteiger partial charge on any atom is 0.419 e. The number of hydrogen-bond donors (Lipinski definition) is 1. The largest absolute Gasteiger partial charge is 0.505 e. The average Bonchev–Trinajstić information content (AvgIpc) is 2.77. The number of hydrogen-bond acceptors (Lipinski definition) is 3. The molecule has 10 heteroatoms. The minimum atomic E-state index is -4.90. The second kappa shape index (κ2) is 8.58. The predicted octanol–water partition coefficient (Wildman–Crippen LogP) is 6.89. The molecule has 4 aromatic rings. The fraction of sp³-hybridized carbons (Fsp3) is 0.167. The Labute approximate surface area is 188 Å². The third kappa shape index (κ3) is 4.66. The van der Waals surface area contributed by atoms with Crippen LogP contribution in [0.3, 0.4) is 0 Å². The van der Waals surface area contributed by atoms with Crippen molar-refractivity contribution < 1.29 is 35.8 Å². The Morgan fingerprint density at radius 2 is 1.62 bits per heavy atom. The van der Waals surface area contributed by atoms with E-state index >= 15 is 0 Å². The zero-order chi connectivity index (χ0) is 24.7. The maximum absolute atomic E-state index is 14.4. The first-order valence-corrected chi connectivity index (χ1v) is 9.90. The zero-order valence-electron chi connectivity index (χ0n) is 17.1. The number of aromatic hydroxyl groups is 1. The number of pyridine rings is 2. The number of benzene rings is 2. The number of alkyl halides is 6. The van der Waals surface area contributed by atoms with Crippen molar-refractivity contribution in [3.8, 4) is 5.75 Å². The van der Waals surface area contributed by atoms with Gasteiger partial charge in [-0.05, 0) is 35.9 Å². The summed E-state index contributed by atoms with van der Waals surface area (Å²) in [5, 5.41) is 11.4. The molecule has 0 saturated heterocycles. The van der Waals surface area contributed by atoms with Crippen LogP contribution in [0.1, 0.15) is 33.9 Å². The van der Waals surface area contributed by atoms with E-state index in [1.165, 1.54) is 12.3 Å². The summed E-state index contributed by atoms with van der Waals surface area (Å²) < 4.78 is 92.1. The third-order valence-electron chi connectivity index (χ3n) is 5.42. The normalized spacial score (nSPS) is 13.3. The number of aromatic nitrogens is 2. The number of phenolic OH excluding ortho intramolecular Hbond substituents is 1. The first-order valence-electron chi connectivity index (χ1n) is 9.90. The van der Waals surface area contributed by atoms with E-state index in [4.69, 9.17) is 0 Å². The summed E-state index contributed by atoms with van der Waals surface area (Å²) in [5.41, 5.74) is -1.74. The van der Waals surface area contributed by atoms with Gasteiger partial charge in [0.25, 0.3) is 0 Å². The van der Waals surface area contributed by atoms with Crippen LogP contribution in [-0.4, -0.2) is 15.1 Å². The minimum Gasteiger partial charge on any atom is -0.505 e. The average molecular weight is 480 g/mol. The molecule has 0 aliphatic heterocycles. The Bertz CT molecular complexity index is 1330. The molecule has 176 valence electrons. The molecule has 1 N–H and O–H groups in total. The number of nitrogens with zero attached hydrogens (tertiary/aromatic N) is 2. The van der Waals surface area contributed by atoms with Crippen LogP contribution in [-0.2, 0) is 18.8 Å². The van der Waals surface area contributed by atoms with Crippen LogP contribution in [0.4, 0.5) is 30.7 Å². The first kappa shape index (κ1) is 23.5. The molecule has 0 fully saturated rings. The number of fused-ring (bicyclic) bond motifs is 1. The van der Waals surface area contributed by atoms with E-state index in [9.17, 15) is 35.8 Å². The molecule has 0 aliphatic rings. The molecule has 2 heterocycles. The van der Waals surface area contributed by atoms with E-state index in [2.05, 4.69) is 9.97 Å². The number of halogens is 7. The van der Waals surface area contributed by atoms with Crippen molar-refractivity contribution >= 4 is 10.9 Å². The molecule has 3 nitrogen and oxygen atoms in total. The van der Waals surface area contributed by atoms with Gasteiger partial charge in [0.15, 0.2) is 0 Å². The smallest absolute Gasteiger partial charge is 0.419 e. The fourth-order valence-corrected chi connectivity index (χ4v) is 3.73. The van der Waals surface area contributed by atoms with Gasteiger partial charge in [-0.2, -0.15) is 26.3 Å². The van der Waals surface area contributed by atoms with Crippen molar-refractivity contribution in [2.45, 2.75) is 24.7 Å². The van der Waals surface area contributed by atoms with Gasteiger partial charge in [0.05, 0.1) is 11.1 Å². The molecule has 0 spiro atoms. The van der Waals surface area contributed by atoms with Crippen molar-refractivity contribution in [2.24, 2.45) is 0 Å². The Kier molecular flexibility index (Phi) is 5.93. The van der Waals surface area contributed by atoms with Crippen LogP contribution in [0.25, 0.3) is 10.9 Å². The Balaban J connectivity index is 1.82. The minimum absolute atomic E-state index is 0.0813. The highest BCUT2D eigenvalue weighted by Crippen LogP contribution is 2.40. The van der Waals surface area contributed by atoms with E-state index < -0.39 is 35.2 Å². The topological polar surface area (TPSA) is 46.0 Å². The highest BCUT2D eigenvalue weighted by molar-refractivity contribution is 5.85. The van der Waals surface area contributed by atoms with Gasteiger partial charge >= 0.3 is 12.4 Å². The van der Waals surface area contributed by atoms with E-state index in [1.807, 2.05) is 0 Å². The van der Waals surface area contributed by atoms with Gasteiger partial charge in [-0.15, -0.1) is 0 Å². The molecule has 1 atom stereocenters. The molecule has 0 aliphatic carbocycles. The molecule has 0 bridgehead atoms. The van der Waals surface area contributed by atoms with Gasteiger partial charge in [-0.25, -0.2) is 4.39 Å². The summed E-state index contributed by atoms with van der Waals surface area (Å²) >= 11 is 0. The molecule has 0 amide bonds. The van der Waals surface area contributed by atoms with Crippen LogP contribution in [0.2, 0.25) is 0 Å². The Morgan fingerprint density at radius 1 is 0.853 bits per heavy atom. The predicted molar refractivity (Wildman–Crippen MR) is 110 cm³/mol. The van der Waals surface area contributed by atoms with Crippen molar-refractivity contribution in [2.75, 3.05) is 0 Å². The van der Waals surface area contributed by atoms with E-state index in [-0.39, 0.29) is 34.5 Å². The lowest BCUT2D eigenvalue weighted by Crippen LogP contribution is -2.12. The monoisotopic (exact) mass is 480 g/mol. The molecule has 0 saturated carbocycles. The van der Waals surface area contributed by atoms with Gasteiger partial charge in [0, 0.05) is 41.4 Å². The van der Waals surface area contributed by atoms with Crippen molar-refractivity contribution in [3.63, 3.8) is 0 Å². The molecular weight excluding hydrogens is 465 g/mol. The number of rotatable bonds is 4. The lowest BCUT2D eigenvalue weighted by molar-refractivity contribution is -0.140. The van der Waals surface area contributed by atoms with Gasteiger partial charge in [0.1, 0.15) is 17.1 Å². The molecule has 2 aromatic carbocycles. The lowest BCUT2D eigenvalue weighted by atomic mass is 9.85. The standard InChI is InChI=1S/C24H15F7N2O/c25-20-10-14(4-8-19(20)24(29,30)31)18(11-16-6-5-15(12-33-16)23(26,27)28)17-7-3-13-2-1-9-32-21(13)22(17)34/h1-10,12,18,34H,11H2. The second-order valence-electron chi connectivity index (χ2n) is 7.61. The summed E-state index contributed by atoms with van der Waals surface area (Å²) in [5.74, 6) is -2.70. The quantitative estimate of drug-likeness (QED) is 0.324. The molecule has 1 unspecified atom stereocenters. The molecular formula is C24H15F7N2O. The summed E-state index contributed by atoms with van der Waals surface area (Å²) in [6.45, 7) is 0. The van der Waals surface area contributed by atoms with Crippen molar-refractivity contribution in [1.29, 1.82) is 0 Å². The molecule has 34 heavy (non-hydrogen) atoms. The van der Waals surface area contributed by atoms with Crippen LogP contribution < -0.4 is 0 Å². The zero-order valence-corrected chi connectivity index (χ0v) is 17.1. The summed E-state index contributed by atoms with van der Waals surface area (Å²) in [6.07, 6.45) is -7.53. The van der Waals surface area contributed by atoms with Crippen LogP contribution >= 0.6 is 0 Å². The highest BCUT2D eigenvalue weighted by Gasteiger charge is 2.35. The van der Waals surface area contributed by atoms with Crippen molar-refractivity contribution in [1.82, 2.24) is 9.97 Å². The van der Waals surface area contributed by atoms with Crippen LogP contribution in [0.15, 0.2) is 67.0 Å². The molecule has 4 rings (SSSR count). The second-order valence-corrected chi connectivity index (χ2v) is 7.61. The van der Waals surface area contributed by atoms with E-state index in [0.29, 0.717) is 23.7 Å². The lowest BCUT2D eigenvalue weighted by Gasteiger charge is -2.21. The van der Waals surface area contributed by atoms with Gasteiger partial charge in [0.2, 0.25) is 0 Å². The van der Waals surface area contributed by atoms with Crippen LogP contribution in [0, 0.1) is 5.82 Å². The van der Waals surface area contributed by atoms with Gasteiger partial charge in [-0.1, -0.05) is 24.3 Å². The van der Waals surface area contributed by atoms with Gasteiger partial charge in [-0.3, -0.25) is 9.97 Å². The van der Waals surface area contributed by atoms with E-state index in [1.54, 1.807) is 18.2 Å². The van der Waals surface area contributed by atoms with Crippen LogP contribution in [0.5, 0.6) is 5.75 Å². The molecule has 0 radical (unpaired) electrons. The first-order chi connectivity index (χ1) is 15.9. The Hall–Kier alpha value is -3.69. The highest BCUT2D eigenvalue weighted by atomic mass is 19.4. The summed E-state index contributed by atoms with van der Waals surface area (Å²) in [6, 6.07) is 10.8.